The van der Waals surface area contributed by atoms with Crippen LogP contribution in [0.1, 0.15) is 30.7 Å². The SMILES string of the molecule is CCNC(=NCC(C)Cc1cccs1)NCCC(=O)Nc1ccc(C)cn1. The summed E-state index contributed by atoms with van der Waals surface area (Å²) >= 11 is 1.78. The normalized spacial score (nSPS) is 12.5. The minimum Gasteiger partial charge on any atom is -0.357 e. The predicted octanol–water partition coefficient (Wildman–Crippen LogP) is 3.21. The zero-order valence-electron chi connectivity index (χ0n) is 16.3. The average molecular weight is 388 g/mol. The van der Waals surface area contributed by atoms with Crippen molar-refractivity contribution in [2.24, 2.45) is 10.9 Å². The number of nitrogens with one attached hydrogen (secondary N) is 3. The largest absolute Gasteiger partial charge is 0.357 e. The van der Waals surface area contributed by atoms with Gasteiger partial charge < -0.3 is 16.0 Å². The lowest BCUT2D eigenvalue weighted by molar-refractivity contribution is -0.116. The topological polar surface area (TPSA) is 78.4 Å². The van der Waals surface area contributed by atoms with E-state index in [1.165, 1.54) is 4.88 Å². The van der Waals surface area contributed by atoms with Gasteiger partial charge in [-0.2, -0.15) is 0 Å². The third-order valence-corrected chi connectivity index (χ3v) is 4.76. The van der Waals surface area contributed by atoms with E-state index in [9.17, 15) is 4.79 Å². The first-order chi connectivity index (χ1) is 13.1. The van der Waals surface area contributed by atoms with Crippen LogP contribution in [0, 0.1) is 12.8 Å². The highest BCUT2D eigenvalue weighted by atomic mass is 32.1. The van der Waals surface area contributed by atoms with Crippen LogP contribution in [-0.2, 0) is 11.2 Å². The van der Waals surface area contributed by atoms with E-state index in [-0.39, 0.29) is 5.91 Å². The maximum atomic E-state index is 12.0. The highest BCUT2D eigenvalue weighted by molar-refractivity contribution is 7.09. The van der Waals surface area contributed by atoms with Gasteiger partial charge in [0.2, 0.25) is 5.91 Å². The van der Waals surface area contributed by atoms with Gasteiger partial charge in [0.1, 0.15) is 5.82 Å². The quantitative estimate of drug-likeness (QED) is 0.456. The number of carbonyl (C=O) groups is 1. The molecule has 0 aliphatic rings. The van der Waals surface area contributed by atoms with Crippen LogP contribution in [0.5, 0.6) is 0 Å². The molecule has 0 radical (unpaired) electrons. The second kappa shape index (κ2) is 11.3. The number of anilines is 1. The molecule has 6 nitrogen and oxygen atoms in total. The zero-order valence-corrected chi connectivity index (χ0v) is 17.1. The standard InChI is InChI=1S/C20H29N5OS/c1-4-21-20(24-14-16(3)12-17-6-5-11-27-17)22-10-9-19(26)25-18-8-7-15(2)13-23-18/h5-8,11,13,16H,4,9-10,12,14H2,1-3H3,(H2,21,22,24)(H,23,25,26). The van der Waals surface area contributed by atoms with E-state index in [1.54, 1.807) is 23.6 Å². The van der Waals surface area contributed by atoms with Crippen molar-refractivity contribution in [2.75, 3.05) is 25.0 Å². The summed E-state index contributed by atoms with van der Waals surface area (Å²) in [6, 6.07) is 7.98. The molecule has 2 aromatic heterocycles. The lowest BCUT2D eigenvalue weighted by atomic mass is 10.1. The maximum Gasteiger partial charge on any atom is 0.227 e. The predicted molar refractivity (Wildman–Crippen MR) is 113 cm³/mol. The molecule has 0 fully saturated rings. The molecular formula is C20H29N5OS. The van der Waals surface area contributed by atoms with Crippen molar-refractivity contribution < 1.29 is 4.79 Å². The molecule has 27 heavy (non-hydrogen) atoms. The Morgan fingerprint density at radius 2 is 2.15 bits per heavy atom. The Balaban J connectivity index is 1.74. The number of nitrogens with zero attached hydrogens (tertiary/aromatic N) is 2. The molecule has 2 heterocycles. The van der Waals surface area contributed by atoms with E-state index in [2.05, 4.69) is 50.4 Å². The van der Waals surface area contributed by atoms with E-state index < -0.39 is 0 Å². The first-order valence-corrected chi connectivity index (χ1v) is 10.2. The second-order valence-electron chi connectivity index (χ2n) is 6.55. The van der Waals surface area contributed by atoms with E-state index in [4.69, 9.17) is 0 Å². The Morgan fingerprint density at radius 3 is 2.81 bits per heavy atom. The molecule has 1 unspecified atom stereocenters. The summed E-state index contributed by atoms with van der Waals surface area (Å²) in [4.78, 5) is 22.2. The highest BCUT2D eigenvalue weighted by Gasteiger charge is 2.07. The number of aliphatic imine (C=N–C) groups is 1. The van der Waals surface area contributed by atoms with Crippen LogP contribution in [0.15, 0.2) is 40.8 Å². The molecular weight excluding hydrogens is 358 g/mol. The summed E-state index contributed by atoms with van der Waals surface area (Å²) in [7, 11) is 0. The second-order valence-corrected chi connectivity index (χ2v) is 7.59. The number of rotatable bonds is 9. The van der Waals surface area contributed by atoms with Crippen molar-refractivity contribution in [2.45, 2.75) is 33.6 Å². The maximum absolute atomic E-state index is 12.0. The van der Waals surface area contributed by atoms with Crippen molar-refractivity contribution in [1.82, 2.24) is 15.6 Å². The van der Waals surface area contributed by atoms with Crippen molar-refractivity contribution >= 4 is 29.0 Å². The highest BCUT2D eigenvalue weighted by Crippen LogP contribution is 2.14. The fourth-order valence-corrected chi connectivity index (χ4v) is 3.34. The minimum absolute atomic E-state index is 0.0687. The van der Waals surface area contributed by atoms with Crippen molar-refractivity contribution in [3.63, 3.8) is 0 Å². The van der Waals surface area contributed by atoms with Crippen molar-refractivity contribution in [1.29, 1.82) is 0 Å². The van der Waals surface area contributed by atoms with Crippen molar-refractivity contribution in [3.05, 3.63) is 46.3 Å². The molecule has 146 valence electrons. The van der Waals surface area contributed by atoms with Gasteiger partial charge in [-0.25, -0.2) is 4.98 Å². The number of pyridine rings is 1. The molecule has 2 aromatic rings. The molecule has 0 saturated heterocycles. The Labute approximate surface area is 165 Å². The van der Waals surface area contributed by atoms with Gasteiger partial charge in [-0.05, 0) is 49.3 Å². The van der Waals surface area contributed by atoms with Crippen LogP contribution in [0.25, 0.3) is 0 Å². The summed E-state index contributed by atoms with van der Waals surface area (Å²) in [5.41, 5.74) is 1.06. The number of hydrogen-bond acceptors (Lipinski definition) is 4. The third kappa shape index (κ3) is 8.21. The van der Waals surface area contributed by atoms with Gasteiger partial charge in [0.05, 0.1) is 0 Å². The summed E-state index contributed by atoms with van der Waals surface area (Å²) in [5, 5.41) is 11.4. The number of hydrogen-bond donors (Lipinski definition) is 3. The number of carbonyl (C=O) groups excluding carboxylic acids is 1. The van der Waals surface area contributed by atoms with E-state index in [0.29, 0.717) is 24.7 Å². The van der Waals surface area contributed by atoms with Crippen LogP contribution in [0.3, 0.4) is 0 Å². The molecule has 7 heteroatoms. The van der Waals surface area contributed by atoms with Gasteiger partial charge in [0, 0.05) is 37.1 Å². The molecule has 0 spiro atoms. The van der Waals surface area contributed by atoms with Gasteiger partial charge in [-0.3, -0.25) is 9.79 Å². The number of aryl methyl sites for hydroxylation is 1. The molecule has 0 bridgehead atoms. The molecule has 0 aromatic carbocycles. The van der Waals surface area contributed by atoms with Gasteiger partial charge in [-0.1, -0.05) is 19.1 Å². The number of thiophene rings is 1. The molecule has 0 aliphatic carbocycles. The Hall–Kier alpha value is -2.41. The lowest BCUT2D eigenvalue weighted by Gasteiger charge is -2.13. The molecule has 3 N–H and O–H groups in total. The van der Waals surface area contributed by atoms with Gasteiger partial charge >= 0.3 is 0 Å². The Bertz CT molecular complexity index is 712. The molecule has 0 aliphatic heterocycles. The number of aromatic nitrogens is 1. The van der Waals surface area contributed by atoms with Gasteiger partial charge in [0.25, 0.3) is 0 Å². The summed E-state index contributed by atoms with van der Waals surface area (Å²) in [6.45, 7) is 8.24. The fraction of sp³-hybridized carbons (Fsp3) is 0.450. The fourth-order valence-electron chi connectivity index (χ4n) is 2.47. The van der Waals surface area contributed by atoms with Gasteiger partial charge in [0.15, 0.2) is 5.96 Å². The summed E-state index contributed by atoms with van der Waals surface area (Å²) < 4.78 is 0. The van der Waals surface area contributed by atoms with Crippen LogP contribution < -0.4 is 16.0 Å². The van der Waals surface area contributed by atoms with E-state index >= 15 is 0 Å². The Morgan fingerprint density at radius 1 is 1.30 bits per heavy atom. The molecule has 1 amide bonds. The van der Waals surface area contributed by atoms with Crippen LogP contribution >= 0.6 is 11.3 Å². The van der Waals surface area contributed by atoms with Crippen LogP contribution in [0.4, 0.5) is 5.82 Å². The third-order valence-electron chi connectivity index (χ3n) is 3.86. The number of amides is 1. The summed E-state index contributed by atoms with van der Waals surface area (Å²) in [5.74, 6) is 1.72. The first-order valence-electron chi connectivity index (χ1n) is 9.34. The first kappa shape index (κ1) is 20.9. The van der Waals surface area contributed by atoms with Gasteiger partial charge in [-0.15, -0.1) is 11.3 Å². The van der Waals surface area contributed by atoms with Crippen LogP contribution in [-0.4, -0.2) is 36.5 Å². The van der Waals surface area contributed by atoms with Crippen molar-refractivity contribution in [3.8, 4) is 0 Å². The molecule has 0 saturated carbocycles. The average Bonchev–Trinajstić information content (AvgIpc) is 3.14. The smallest absolute Gasteiger partial charge is 0.227 e. The van der Waals surface area contributed by atoms with Crippen LogP contribution in [0.2, 0.25) is 0 Å². The van der Waals surface area contributed by atoms with E-state index in [0.717, 1.165) is 31.0 Å². The zero-order chi connectivity index (χ0) is 19.5. The summed E-state index contributed by atoms with van der Waals surface area (Å²) in [6.07, 6.45) is 3.12. The van der Waals surface area contributed by atoms with E-state index in [1.807, 2.05) is 19.9 Å². The molecule has 1 atom stereocenters. The number of guanidine groups is 1. The Kier molecular flexibility index (Phi) is 8.77. The minimum atomic E-state index is -0.0687. The lowest BCUT2D eigenvalue weighted by Crippen LogP contribution is -2.39. The molecule has 2 rings (SSSR count). The monoisotopic (exact) mass is 387 g/mol.